The van der Waals surface area contributed by atoms with Gasteiger partial charge < -0.3 is 20.5 Å². The van der Waals surface area contributed by atoms with Crippen molar-refractivity contribution >= 4 is 17.3 Å². The van der Waals surface area contributed by atoms with Gasteiger partial charge in [-0.1, -0.05) is 12.1 Å². The Morgan fingerprint density at radius 3 is 2.71 bits per heavy atom. The average molecular weight is 466 g/mol. The normalized spacial score (nSPS) is 12.6. The molecule has 0 saturated carbocycles. The molecule has 178 valence electrons. The summed E-state index contributed by atoms with van der Waals surface area (Å²) in [5, 5.41) is 7.67. The Morgan fingerprint density at radius 1 is 1.21 bits per heavy atom. The van der Waals surface area contributed by atoms with E-state index in [0.29, 0.717) is 41.6 Å². The van der Waals surface area contributed by atoms with Crippen LogP contribution in [-0.2, 0) is 4.74 Å². The second-order valence-electron chi connectivity index (χ2n) is 8.55. The number of rotatable bonds is 9. The lowest BCUT2D eigenvalue weighted by Crippen LogP contribution is -2.25. The molecule has 0 radical (unpaired) electrons. The van der Waals surface area contributed by atoms with E-state index in [1.165, 1.54) is 12.1 Å². The number of nitrogens with two attached hydrogens (primary N) is 1. The van der Waals surface area contributed by atoms with Gasteiger partial charge >= 0.3 is 6.01 Å². The molecule has 3 aromatic heterocycles. The maximum Gasteiger partial charge on any atom is 0.318 e. The summed E-state index contributed by atoms with van der Waals surface area (Å²) in [6.45, 7) is 6.29. The van der Waals surface area contributed by atoms with Crippen molar-refractivity contribution in [1.29, 1.82) is 0 Å². The van der Waals surface area contributed by atoms with Crippen molar-refractivity contribution in [2.45, 2.75) is 38.8 Å². The Kier molecular flexibility index (Phi) is 6.60. The zero-order valence-electron chi connectivity index (χ0n) is 19.6. The molecule has 3 N–H and O–H groups in total. The van der Waals surface area contributed by atoms with Crippen LogP contribution >= 0.6 is 0 Å². The molecular formula is C24H28FN7O2. The van der Waals surface area contributed by atoms with Crippen LogP contribution in [0.5, 0.6) is 6.01 Å². The van der Waals surface area contributed by atoms with Gasteiger partial charge in [0.2, 0.25) is 0 Å². The summed E-state index contributed by atoms with van der Waals surface area (Å²) in [4.78, 5) is 13.5. The number of nitrogen functional groups attached to an aromatic ring is 1. The highest BCUT2D eigenvalue weighted by atomic mass is 19.1. The predicted molar refractivity (Wildman–Crippen MR) is 128 cm³/mol. The molecule has 34 heavy (non-hydrogen) atoms. The van der Waals surface area contributed by atoms with E-state index in [0.717, 1.165) is 5.56 Å². The molecule has 0 saturated heterocycles. The third kappa shape index (κ3) is 5.23. The maximum atomic E-state index is 13.3. The number of methoxy groups -OCH3 is 1. The van der Waals surface area contributed by atoms with Crippen molar-refractivity contribution in [3.8, 4) is 17.3 Å². The van der Waals surface area contributed by atoms with Crippen LogP contribution in [0.25, 0.3) is 16.9 Å². The Balaban J connectivity index is 1.68. The number of hydrogen-bond donors (Lipinski definition) is 2. The summed E-state index contributed by atoms with van der Waals surface area (Å²) in [5.41, 5.74) is 8.47. The van der Waals surface area contributed by atoms with Gasteiger partial charge in [0.25, 0.3) is 0 Å². The lowest BCUT2D eigenvalue weighted by Gasteiger charge is -2.22. The monoisotopic (exact) mass is 465 g/mol. The molecule has 0 aliphatic heterocycles. The van der Waals surface area contributed by atoms with Crippen LogP contribution in [0, 0.1) is 5.82 Å². The first kappa shape index (κ1) is 23.4. The van der Waals surface area contributed by atoms with E-state index >= 15 is 0 Å². The SMILES string of the molecule is COC(C)(C)CCOc1nc(N[C@@H](C)c2ccc(F)cc2)cc(-c2c(N)nn3cccnc23)n1. The molecule has 1 atom stereocenters. The third-order valence-corrected chi connectivity index (χ3v) is 5.61. The van der Waals surface area contributed by atoms with Crippen molar-refractivity contribution in [2.24, 2.45) is 0 Å². The highest BCUT2D eigenvalue weighted by Crippen LogP contribution is 2.31. The summed E-state index contributed by atoms with van der Waals surface area (Å²) in [6.07, 6.45) is 4.08. The maximum absolute atomic E-state index is 13.3. The van der Waals surface area contributed by atoms with Crippen LogP contribution in [0.2, 0.25) is 0 Å². The fourth-order valence-electron chi connectivity index (χ4n) is 3.39. The third-order valence-electron chi connectivity index (χ3n) is 5.61. The van der Waals surface area contributed by atoms with E-state index in [-0.39, 0.29) is 23.5 Å². The second-order valence-corrected chi connectivity index (χ2v) is 8.55. The average Bonchev–Trinajstić information content (AvgIpc) is 3.15. The first-order chi connectivity index (χ1) is 16.3. The molecule has 9 nitrogen and oxygen atoms in total. The summed E-state index contributed by atoms with van der Waals surface area (Å²) in [6, 6.07) is 9.89. The number of hydrogen-bond acceptors (Lipinski definition) is 8. The molecule has 4 rings (SSSR count). The highest BCUT2D eigenvalue weighted by Gasteiger charge is 2.20. The van der Waals surface area contributed by atoms with Crippen LogP contribution in [0.4, 0.5) is 16.0 Å². The molecule has 10 heteroatoms. The Labute approximate surface area is 197 Å². The summed E-state index contributed by atoms with van der Waals surface area (Å²) in [7, 11) is 1.66. The van der Waals surface area contributed by atoms with Crippen molar-refractivity contribution < 1.29 is 13.9 Å². The minimum atomic E-state index is -0.341. The lowest BCUT2D eigenvalue weighted by atomic mass is 10.1. The molecule has 3 heterocycles. The van der Waals surface area contributed by atoms with Gasteiger partial charge in [-0.2, -0.15) is 9.97 Å². The molecule has 0 aliphatic rings. The molecule has 0 spiro atoms. The van der Waals surface area contributed by atoms with Crippen LogP contribution < -0.4 is 15.8 Å². The first-order valence-corrected chi connectivity index (χ1v) is 10.9. The first-order valence-electron chi connectivity index (χ1n) is 10.9. The predicted octanol–water partition coefficient (Wildman–Crippen LogP) is 4.27. The molecule has 1 aromatic carbocycles. The van der Waals surface area contributed by atoms with Crippen LogP contribution in [0.1, 0.15) is 38.8 Å². The number of halogens is 1. The van der Waals surface area contributed by atoms with E-state index in [4.69, 9.17) is 15.2 Å². The number of nitrogens with one attached hydrogen (secondary N) is 1. The minimum absolute atomic E-state index is 0.150. The van der Waals surface area contributed by atoms with Gasteiger partial charge in [0, 0.05) is 38.0 Å². The number of ether oxygens (including phenoxy) is 2. The fourth-order valence-corrected chi connectivity index (χ4v) is 3.39. The summed E-state index contributed by atoms with van der Waals surface area (Å²) < 4.78 is 26.3. The van der Waals surface area contributed by atoms with Gasteiger partial charge in [0.15, 0.2) is 11.5 Å². The molecule has 0 amide bonds. The van der Waals surface area contributed by atoms with Gasteiger partial charge in [-0.05, 0) is 44.5 Å². The van der Waals surface area contributed by atoms with Gasteiger partial charge in [0.1, 0.15) is 11.6 Å². The van der Waals surface area contributed by atoms with Crippen molar-refractivity contribution in [3.63, 3.8) is 0 Å². The number of nitrogens with zero attached hydrogens (tertiary/aromatic N) is 5. The minimum Gasteiger partial charge on any atom is -0.463 e. The molecular weight excluding hydrogens is 437 g/mol. The van der Waals surface area contributed by atoms with Crippen molar-refractivity contribution in [2.75, 3.05) is 24.8 Å². The van der Waals surface area contributed by atoms with E-state index in [1.807, 2.05) is 20.8 Å². The molecule has 0 aliphatic carbocycles. The van der Waals surface area contributed by atoms with Gasteiger partial charge in [-0.15, -0.1) is 5.10 Å². The fraction of sp³-hybridized carbons (Fsp3) is 0.333. The van der Waals surface area contributed by atoms with E-state index < -0.39 is 0 Å². The van der Waals surface area contributed by atoms with Crippen LogP contribution in [0.3, 0.4) is 0 Å². The summed E-state index contributed by atoms with van der Waals surface area (Å²) in [5.74, 6) is 0.532. The number of anilines is 2. The van der Waals surface area contributed by atoms with Crippen molar-refractivity contribution in [1.82, 2.24) is 24.6 Å². The number of benzene rings is 1. The quantitative estimate of drug-likeness (QED) is 0.377. The molecule has 0 fully saturated rings. The zero-order chi connectivity index (χ0) is 24.3. The molecule has 4 aromatic rings. The van der Waals surface area contributed by atoms with Crippen LogP contribution in [0.15, 0.2) is 48.8 Å². The van der Waals surface area contributed by atoms with E-state index in [2.05, 4.69) is 25.4 Å². The highest BCUT2D eigenvalue weighted by molar-refractivity contribution is 5.85. The zero-order valence-corrected chi connectivity index (χ0v) is 19.6. The van der Waals surface area contributed by atoms with E-state index in [9.17, 15) is 4.39 Å². The van der Waals surface area contributed by atoms with Gasteiger partial charge in [-0.25, -0.2) is 13.9 Å². The smallest absolute Gasteiger partial charge is 0.318 e. The molecule has 0 unspecified atom stereocenters. The van der Waals surface area contributed by atoms with Gasteiger partial charge in [-0.3, -0.25) is 0 Å². The Hall–Kier alpha value is -3.79. The lowest BCUT2D eigenvalue weighted by molar-refractivity contribution is 0.00470. The second kappa shape index (κ2) is 9.60. The van der Waals surface area contributed by atoms with Gasteiger partial charge in [0.05, 0.1) is 23.5 Å². The number of fused-ring (bicyclic) bond motifs is 1. The number of aromatic nitrogens is 5. The standard InChI is InChI=1S/C24H28FN7O2/c1-15(16-6-8-17(25)9-7-16)28-19-14-18(20-21(26)31-32-12-5-11-27-22(20)32)29-23(30-19)34-13-10-24(2,3)33-4/h5-9,11-12,14-15H,10,13H2,1-4H3,(H2,26,31)(H,28,29,30)/t15-/m0/s1. The summed E-state index contributed by atoms with van der Waals surface area (Å²) >= 11 is 0. The topological polar surface area (TPSA) is 112 Å². The molecule has 0 bridgehead atoms. The Bertz CT molecular complexity index is 1270. The Morgan fingerprint density at radius 2 is 1.97 bits per heavy atom. The van der Waals surface area contributed by atoms with E-state index in [1.54, 1.807) is 48.3 Å². The van der Waals surface area contributed by atoms with Crippen LogP contribution in [-0.4, -0.2) is 43.9 Å². The largest absolute Gasteiger partial charge is 0.463 e. The van der Waals surface area contributed by atoms with Crippen molar-refractivity contribution in [3.05, 3.63) is 60.2 Å².